The van der Waals surface area contributed by atoms with Gasteiger partial charge in [-0.05, 0) is 6.42 Å². The van der Waals surface area contributed by atoms with E-state index in [1.807, 2.05) is 18.5 Å². The second kappa shape index (κ2) is 6.60. The van der Waals surface area contributed by atoms with E-state index in [0.717, 1.165) is 26.2 Å². The summed E-state index contributed by atoms with van der Waals surface area (Å²) in [5.74, 6) is 0. The maximum atomic E-state index is 10.2. The molecule has 6 heteroatoms. The molecule has 1 aliphatic heterocycles. The topological polar surface area (TPSA) is 53.0 Å². The molecule has 0 radical (unpaired) electrons. The molecule has 0 saturated carbocycles. The van der Waals surface area contributed by atoms with Crippen LogP contribution in [0.15, 0.2) is 25.1 Å². The Hall–Kier alpha value is -0.850. The summed E-state index contributed by atoms with van der Waals surface area (Å²) in [4.78, 5) is 4.24. The Morgan fingerprint density at radius 2 is 2.27 bits per heavy atom. The van der Waals surface area contributed by atoms with Crippen LogP contribution in [0.4, 0.5) is 0 Å². The quantitative estimate of drug-likeness (QED) is 0.399. The molecule has 0 aromatic carbocycles. The van der Waals surface area contributed by atoms with Crippen molar-refractivity contribution in [2.75, 3.05) is 26.4 Å². The van der Waals surface area contributed by atoms with E-state index in [-0.39, 0.29) is 0 Å². The van der Waals surface area contributed by atoms with Crippen molar-refractivity contribution in [1.82, 2.24) is 9.80 Å². The zero-order valence-electron chi connectivity index (χ0n) is 8.54. The molecule has 0 spiro atoms. The molecule has 0 aliphatic carbocycles. The van der Waals surface area contributed by atoms with E-state index in [9.17, 15) is 4.21 Å². The molecule has 0 aromatic heterocycles. The highest BCUT2D eigenvalue weighted by Gasteiger charge is 2.09. The summed E-state index contributed by atoms with van der Waals surface area (Å²) in [7, 11) is 0. The molecule has 1 heterocycles. The molecule has 1 atom stereocenters. The van der Waals surface area contributed by atoms with Crippen LogP contribution in [0.5, 0.6) is 0 Å². The van der Waals surface area contributed by atoms with Gasteiger partial charge in [-0.1, -0.05) is 6.08 Å². The maximum absolute atomic E-state index is 10.2. The molecule has 15 heavy (non-hydrogen) atoms. The van der Waals surface area contributed by atoms with Gasteiger partial charge in [-0.3, -0.25) is 8.74 Å². The van der Waals surface area contributed by atoms with Gasteiger partial charge in [0.15, 0.2) is 0 Å². The lowest BCUT2D eigenvalue weighted by Crippen LogP contribution is -2.26. The first-order valence-corrected chi connectivity index (χ1v) is 5.77. The van der Waals surface area contributed by atoms with Gasteiger partial charge in [-0.15, -0.1) is 6.58 Å². The first kappa shape index (κ1) is 12.2. The normalized spacial score (nSPS) is 17.1. The van der Waals surface area contributed by atoms with Crippen LogP contribution in [0.25, 0.3) is 0 Å². The fourth-order valence-corrected chi connectivity index (χ4v) is 1.60. The van der Waals surface area contributed by atoms with Crippen LogP contribution in [-0.4, -0.2) is 44.9 Å². The third-order valence-corrected chi connectivity index (χ3v) is 2.36. The van der Waals surface area contributed by atoms with Crippen LogP contribution in [0.2, 0.25) is 0 Å². The Morgan fingerprint density at radius 1 is 1.53 bits per heavy atom. The molecule has 0 bridgehead atoms. The highest BCUT2D eigenvalue weighted by molar-refractivity contribution is 7.74. The predicted octanol–water partition coefficient (Wildman–Crippen LogP) is 0.762. The summed E-state index contributed by atoms with van der Waals surface area (Å²) in [6.07, 6.45) is 6.59. The van der Waals surface area contributed by atoms with E-state index in [4.69, 9.17) is 4.55 Å². The minimum atomic E-state index is -2.14. The molecule has 5 nitrogen and oxygen atoms in total. The number of rotatable bonds is 7. The Balaban J connectivity index is 2.07. The molecule has 0 fully saturated rings. The van der Waals surface area contributed by atoms with Gasteiger partial charge in [-0.2, -0.15) is 4.21 Å². The standard InChI is InChI=1S/C9H16N2O3S/c1-2-4-10-6-7-11(9-10)5-3-8-14-15(12)13/h2,6-7H,1,3-5,8-9H2,(H,12,13). The van der Waals surface area contributed by atoms with Crippen molar-refractivity contribution in [1.29, 1.82) is 0 Å². The van der Waals surface area contributed by atoms with Crippen molar-refractivity contribution in [3.8, 4) is 0 Å². The molecule has 0 saturated heterocycles. The summed E-state index contributed by atoms with van der Waals surface area (Å²) in [6.45, 7) is 6.47. The molecular formula is C9H16N2O3S. The average molecular weight is 232 g/mol. The molecule has 0 amide bonds. The predicted molar refractivity (Wildman–Crippen MR) is 59.0 cm³/mol. The smallest absolute Gasteiger partial charge is 0.301 e. The van der Waals surface area contributed by atoms with Crippen molar-refractivity contribution < 1.29 is 12.9 Å². The molecule has 0 aromatic rings. The van der Waals surface area contributed by atoms with E-state index in [1.54, 1.807) is 0 Å². The molecule has 1 N–H and O–H groups in total. The van der Waals surface area contributed by atoms with Crippen LogP contribution < -0.4 is 0 Å². The molecule has 1 aliphatic rings. The Labute approximate surface area is 92.5 Å². The summed E-state index contributed by atoms with van der Waals surface area (Å²) >= 11 is -2.14. The van der Waals surface area contributed by atoms with E-state index in [1.165, 1.54) is 0 Å². The van der Waals surface area contributed by atoms with Gasteiger partial charge in [0.1, 0.15) is 0 Å². The van der Waals surface area contributed by atoms with Gasteiger partial charge in [0.05, 0.1) is 13.3 Å². The van der Waals surface area contributed by atoms with E-state index >= 15 is 0 Å². The van der Waals surface area contributed by atoms with Crippen molar-refractivity contribution in [3.63, 3.8) is 0 Å². The first-order chi connectivity index (χ1) is 7.22. The summed E-state index contributed by atoms with van der Waals surface area (Å²) in [5.41, 5.74) is 0. The summed E-state index contributed by atoms with van der Waals surface area (Å²) in [5, 5.41) is 0. The van der Waals surface area contributed by atoms with Crippen LogP contribution in [-0.2, 0) is 15.5 Å². The maximum Gasteiger partial charge on any atom is 0.301 e. The number of nitrogens with zero attached hydrogens (tertiary/aromatic N) is 2. The van der Waals surface area contributed by atoms with Crippen LogP contribution in [0.3, 0.4) is 0 Å². The van der Waals surface area contributed by atoms with Crippen molar-refractivity contribution in [2.45, 2.75) is 6.42 Å². The number of hydrogen-bond acceptors (Lipinski definition) is 4. The van der Waals surface area contributed by atoms with Gasteiger partial charge < -0.3 is 9.80 Å². The first-order valence-electron chi connectivity index (χ1n) is 4.74. The second-order valence-corrected chi connectivity index (χ2v) is 3.87. The van der Waals surface area contributed by atoms with E-state index < -0.39 is 11.4 Å². The zero-order valence-corrected chi connectivity index (χ0v) is 9.36. The Kier molecular flexibility index (Phi) is 5.38. The lowest BCUT2D eigenvalue weighted by molar-refractivity contribution is 0.245. The lowest BCUT2D eigenvalue weighted by Gasteiger charge is -2.19. The van der Waals surface area contributed by atoms with Crippen molar-refractivity contribution in [3.05, 3.63) is 25.1 Å². The van der Waals surface area contributed by atoms with Gasteiger partial charge in [0.25, 0.3) is 0 Å². The molecular weight excluding hydrogens is 216 g/mol. The van der Waals surface area contributed by atoms with E-state index in [0.29, 0.717) is 6.61 Å². The van der Waals surface area contributed by atoms with Gasteiger partial charge in [0.2, 0.25) is 0 Å². The van der Waals surface area contributed by atoms with E-state index in [2.05, 4.69) is 20.6 Å². The third-order valence-electron chi connectivity index (χ3n) is 1.99. The lowest BCUT2D eigenvalue weighted by atomic mass is 10.4. The Bertz CT molecular complexity index is 258. The summed E-state index contributed by atoms with van der Waals surface area (Å²) in [6, 6.07) is 0. The molecule has 1 rings (SSSR count). The van der Waals surface area contributed by atoms with Crippen LogP contribution in [0.1, 0.15) is 6.42 Å². The largest absolute Gasteiger partial charge is 0.358 e. The van der Waals surface area contributed by atoms with Crippen LogP contribution in [0, 0.1) is 0 Å². The fourth-order valence-electron chi connectivity index (χ4n) is 1.34. The monoisotopic (exact) mass is 232 g/mol. The minimum absolute atomic E-state index is 0.301. The average Bonchev–Trinajstić information content (AvgIpc) is 2.61. The Morgan fingerprint density at radius 3 is 2.93 bits per heavy atom. The van der Waals surface area contributed by atoms with Gasteiger partial charge in [0, 0.05) is 25.5 Å². The van der Waals surface area contributed by atoms with Crippen molar-refractivity contribution >= 4 is 11.4 Å². The van der Waals surface area contributed by atoms with Crippen molar-refractivity contribution in [2.24, 2.45) is 0 Å². The third kappa shape index (κ3) is 4.96. The summed E-state index contributed by atoms with van der Waals surface area (Å²) < 4.78 is 23.1. The zero-order chi connectivity index (χ0) is 11.1. The van der Waals surface area contributed by atoms with Gasteiger partial charge in [-0.25, -0.2) is 0 Å². The second-order valence-electron chi connectivity index (χ2n) is 3.20. The highest BCUT2D eigenvalue weighted by Crippen LogP contribution is 2.06. The fraction of sp³-hybridized carbons (Fsp3) is 0.556. The van der Waals surface area contributed by atoms with Crippen LogP contribution >= 0.6 is 0 Å². The SMILES string of the molecule is C=CCN1C=CN(CCCOS(=O)O)C1. The highest BCUT2D eigenvalue weighted by atomic mass is 32.2. The van der Waals surface area contributed by atoms with Gasteiger partial charge >= 0.3 is 11.4 Å². The number of hydrogen-bond donors (Lipinski definition) is 1. The molecule has 1 unspecified atom stereocenters. The molecule has 86 valence electrons. The minimum Gasteiger partial charge on any atom is -0.358 e.